The normalized spacial score (nSPS) is 19.5. The van der Waals surface area contributed by atoms with E-state index in [1.165, 1.54) is 12.5 Å². The van der Waals surface area contributed by atoms with Gasteiger partial charge in [-0.15, -0.1) is 0 Å². The Morgan fingerprint density at radius 2 is 2.45 bits per heavy atom. The van der Waals surface area contributed by atoms with Crippen LogP contribution in [0.2, 0.25) is 0 Å². The van der Waals surface area contributed by atoms with Crippen LogP contribution in [0.15, 0.2) is 12.5 Å². The molecule has 4 N–H and O–H groups in total. The van der Waals surface area contributed by atoms with Gasteiger partial charge < -0.3 is 25.5 Å². The Kier molecular flexibility index (Phi) is 4.94. The van der Waals surface area contributed by atoms with E-state index < -0.39 is 18.0 Å². The number of urea groups is 1. The smallest absolute Gasteiger partial charge is 0.326 e. The highest BCUT2D eigenvalue weighted by molar-refractivity contribution is 5.82. The maximum absolute atomic E-state index is 11.7. The molecule has 0 aliphatic carbocycles. The summed E-state index contributed by atoms with van der Waals surface area (Å²) in [7, 11) is 0. The number of aliphatic carboxylic acids is 1. The highest BCUT2D eigenvalue weighted by atomic mass is 16.5. The van der Waals surface area contributed by atoms with Gasteiger partial charge in [0.05, 0.1) is 12.4 Å². The van der Waals surface area contributed by atoms with Gasteiger partial charge in [-0.3, -0.25) is 0 Å². The van der Waals surface area contributed by atoms with Crippen molar-refractivity contribution in [1.29, 1.82) is 0 Å². The maximum Gasteiger partial charge on any atom is 0.326 e. The number of rotatable bonds is 6. The SMILES string of the molecule is O=C(NCC1CCCO1)NC(Cc1cnc[nH]1)C(=O)O. The molecule has 1 fully saturated rings. The summed E-state index contributed by atoms with van der Waals surface area (Å²) in [6.07, 6.45) is 5.08. The van der Waals surface area contributed by atoms with Gasteiger partial charge in [-0.25, -0.2) is 14.6 Å². The molecule has 2 atom stereocenters. The van der Waals surface area contributed by atoms with Crippen LogP contribution in [0.4, 0.5) is 4.79 Å². The minimum atomic E-state index is -1.09. The molecule has 0 bridgehead atoms. The van der Waals surface area contributed by atoms with Crippen LogP contribution < -0.4 is 10.6 Å². The summed E-state index contributed by atoms with van der Waals surface area (Å²) in [6.45, 7) is 1.10. The fraction of sp³-hybridized carbons (Fsp3) is 0.583. The summed E-state index contributed by atoms with van der Waals surface area (Å²) in [4.78, 5) is 29.4. The minimum Gasteiger partial charge on any atom is -0.480 e. The lowest BCUT2D eigenvalue weighted by Gasteiger charge is -2.16. The Balaban J connectivity index is 1.78. The molecule has 8 nitrogen and oxygen atoms in total. The van der Waals surface area contributed by atoms with E-state index in [-0.39, 0.29) is 12.5 Å². The number of amides is 2. The fourth-order valence-corrected chi connectivity index (χ4v) is 2.04. The molecular formula is C12H18N4O4. The lowest BCUT2D eigenvalue weighted by molar-refractivity contribution is -0.139. The Labute approximate surface area is 115 Å². The molecule has 1 aromatic rings. The predicted molar refractivity (Wildman–Crippen MR) is 69.2 cm³/mol. The number of hydrogen-bond donors (Lipinski definition) is 4. The molecular weight excluding hydrogens is 264 g/mol. The van der Waals surface area contributed by atoms with Crippen LogP contribution in [0.3, 0.4) is 0 Å². The molecule has 1 aliphatic rings. The molecule has 1 aliphatic heterocycles. The second kappa shape index (κ2) is 6.90. The van der Waals surface area contributed by atoms with Crippen LogP contribution in [-0.2, 0) is 16.0 Å². The molecule has 0 spiro atoms. The number of hydrogen-bond acceptors (Lipinski definition) is 4. The zero-order valence-corrected chi connectivity index (χ0v) is 11.0. The molecule has 2 amide bonds. The van der Waals surface area contributed by atoms with Crippen molar-refractivity contribution in [2.75, 3.05) is 13.2 Å². The number of nitrogens with one attached hydrogen (secondary N) is 3. The number of nitrogens with zero attached hydrogens (tertiary/aromatic N) is 1. The monoisotopic (exact) mass is 282 g/mol. The first-order valence-corrected chi connectivity index (χ1v) is 6.51. The standard InChI is InChI=1S/C12H18N4O4/c17-11(18)10(4-8-5-13-7-15-8)16-12(19)14-6-9-2-1-3-20-9/h5,7,9-10H,1-4,6H2,(H,13,15)(H,17,18)(H2,14,16,19). The van der Waals surface area contributed by atoms with Gasteiger partial charge >= 0.3 is 12.0 Å². The van der Waals surface area contributed by atoms with Gasteiger partial charge in [0.25, 0.3) is 0 Å². The van der Waals surface area contributed by atoms with Crippen LogP contribution in [-0.4, -0.2) is 52.4 Å². The minimum absolute atomic E-state index is 0.0247. The Hall–Kier alpha value is -2.09. The number of aromatic nitrogens is 2. The fourth-order valence-electron chi connectivity index (χ4n) is 2.04. The highest BCUT2D eigenvalue weighted by Gasteiger charge is 2.22. The Morgan fingerprint density at radius 3 is 3.05 bits per heavy atom. The van der Waals surface area contributed by atoms with E-state index >= 15 is 0 Å². The number of aromatic amines is 1. The lowest BCUT2D eigenvalue weighted by atomic mass is 10.1. The number of imidazole rings is 1. The van der Waals surface area contributed by atoms with Crippen molar-refractivity contribution >= 4 is 12.0 Å². The molecule has 2 rings (SSSR count). The zero-order chi connectivity index (χ0) is 14.4. The van der Waals surface area contributed by atoms with Crippen LogP contribution in [0, 0.1) is 0 Å². The third kappa shape index (κ3) is 4.23. The van der Waals surface area contributed by atoms with Gasteiger partial charge in [0.2, 0.25) is 0 Å². The van der Waals surface area contributed by atoms with E-state index in [4.69, 9.17) is 9.84 Å². The Bertz CT molecular complexity index is 442. The number of carbonyl (C=O) groups is 2. The molecule has 110 valence electrons. The molecule has 0 radical (unpaired) electrons. The predicted octanol–water partition coefficient (Wildman–Crippen LogP) is -0.116. The van der Waals surface area contributed by atoms with Gasteiger partial charge in [0.15, 0.2) is 0 Å². The van der Waals surface area contributed by atoms with E-state index in [1.807, 2.05) is 0 Å². The van der Waals surface area contributed by atoms with Crippen molar-refractivity contribution in [2.45, 2.75) is 31.4 Å². The van der Waals surface area contributed by atoms with E-state index in [1.54, 1.807) is 0 Å². The summed E-state index contributed by atoms with van der Waals surface area (Å²) in [5.74, 6) is -1.09. The first-order chi connectivity index (χ1) is 9.65. The van der Waals surface area contributed by atoms with E-state index in [2.05, 4.69) is 20.6 Å². The van der Waals surface area contributed by atoms with Gasteiger partial charge in [-0.05, 0) is 12.8 Å². The van der Waals surface area contributed by atoms with E-state index in [0.717, 1.165) is 12.8 Å². The molecule has 0 saturated carbocycles. The van der Waals surface area contributed by atoms with Gasteiger partial charge in [-0.1, -0.05) is 0 Å². The van der Waals surface area contributed by atoms with E-state index in [0.29, 0.717) is 18.8 Å². The molecule has 20 heavy (non-hydrogen) atoms. The van der Waals surface area contributed by atoms with Gasteiger partial charge in [0.1, 0.15) is 6.04 Å². The summed E-state index contributed by atoms with van der Waals surface area (Å²) in [5, 5.41) is 14.2. The maximum atomic E-state index is 11.7. The zero-order valence-electron chi connectivity index (χ0n) is 11.0. The van der Waals surface area contributed by atoms with Crippen molar-refractivity contribution in [3.8, 4) is 0 Å². The van der Waals surface area contributed by atoms with E-state index in [9.17, 15) is 9.59 Å². The third-order valence-corrected chi connectivity index (χ3v) is 3.10. The average Bonchev–Trinajstić information content (AvgIpc) is 3.08. The lowest BCUT2D eigenvalue weighted by Crippen LogP contribution is -2.48. The van der Waals surface area contributed by atoms with Crippen LogP contribution in [0.1, 0.15) is 18.5 Å². The molecule has 1 saturated heterocycles. The number of H-pyrrole nitrogens is 1. The quantitative estimate of drug-likeness (QED) is 0.580. The van der Waals surface area contributed by atoms with Gasteiger partial charge in [0, 0.05) is 31.5 Å². The number of carboxylic acid groups (broad SMARTS) is 1. The highest BCUT2D eigenvalue weighted by Crippen LogP contribution is 2.10. The second-order valence-corrected chi connectivity index (χ2v) is 4.66. The van der Waals surface area contributed by atoms with Crippen LogP contribution in [0.25, 0.3) is 0 Å². The molecule has 8 heteroatoms. The van der Waals surface area contributed by atoms with Gasteiger partial charge in [-0.2, -0.15) is 0 Å². The van der Waals surface area contributed by atoms with Crippen molar-refractivity contribution in [1.82, 2.24) is 20.6 Å². The molecule has 0 aromatic carbocycles. The molecule has 1 aromatic heterocycles. The topological polar surface area (TPSA) is 116 Å². The van der Waals surface area contributed by atoms with Crippen molar-refractivity contribution in [3.05, 3.63) is 18.2 Å². The number of ether oxygens (including phenoxy) is 1. The Morgan fingerprint density at radius 1 is 1.60 bits per heavy atom. The largest absolute Gasteiger partial charge is 0.480 e. The summed E-state index contributed by atoms with van der Waals surface area (Å²) < 4.78 is 5.37. The summed E-state index contributed by atoms with van der Waals surface area (Å²) >= 11 is 0. The number of carbonyl (C=O) groups excluding carboxylic acids is 1. The van der Waals surface area contributed by atoms with Crippen molar-refractivity contribution in [3.63, 3.8) is 0 Å². The molecule has 2 unspecified atom stereocenters. The first kappa shape index (κ1) is 14.3. The molecule has 2 heterocycles. The third-order valence-electron chi connectivity index (χ3n) is 3.10. The second-order valence-electron chi connectivity index (χ2n) is 4.66. The summed E-state index contributed by atoms with van der Waals surface area (Å²) in [5.41, 5.74) is 0.650. The summed E-state index contributed by atoms with van der Waals surface area (Å²) in [6, 6.07) is -1.51. The number of carboxylic acids is 1. The van der Waals surface area contributed by atoms with Crippen molar-refractivity contribution < 1.29 is 19.4 Å². The van der Waals surface area contributed by atoms with Crippen LogP contribution >= 0.6 is 0 Å². The average molecular weight is 282 g/mol. The van der Waals surface area contributed by atoms with Crippen molar-refractivity contribution in [2.24, 2.45) is 0 Å². The first-order valence-electron chi connectivity index (χ1n) is 6.51. The van der Waals surface area contributed by atoms with Crippen LogP contribution in [0.5, 0.6) is 0 Å².